The van der Waals surface area contributed by atoms with Crippen LogP contribution in [0.25, 0.3) is 0 Å². The minimum atomic E-state index is 0.552. The number of nitrogen functional groups attached to an aromatic ring is 1. The van der Waals surface area contributed by atoms with Gasteiger partial charge in [-0.1, -0.05) is 26.0 Å². The summed E-state index contributed by atoms with van der Waals surface area (Å²) in [5, 5.41) is 3.33. The fraction of sp³-hybridized carbons (Fsp3) is 0.375. The second-order valence-electron chi connectivity index (χ2n) is 4.92. The highest BCUT2D eigenvalue weighted by atomic mass is 15.1. The summed E-state index contributed by atoms with van der Waals surface area (Å²) in [4.78, 5) is 8.88. The van der Waals surface area contributed by atoms with Gasteiger partial charge in [0.2, 0.25) is 0 Å². The van der Waals surface area contributed by atoms with Gasteiger partial charge in [-0.3, -0.25) is 0 Å². The number of benzene rings is 1. The van der Waals surface area contributed by atoms with Crippen LogP contribution >= 0.6 is 0 Å². The van der Waals surface area contributed by atoms with Crippen LogP contribution in [0.4, 0.5) is 17.3 Å². The molecule has 0 fully saturated rings. The molecular formula is C16H22N4. The molecule has 3 N–H and O–H groups in total. The van der Waals surface area contributed by atoms with Crippen molar-refractivity contribution in [3.05, 3.63) is 41.2 Å². The molecule has 0 radical (unpaired) electrons. The maximum absolute atomic E-state index is 5.96. The van der Waals surface area contributed by atoms with Crippen LogP contribution in [-0.4, -0.2) is 9.97 Å². The van der Waals surface area contributed by atoms with Crippen molar-refractivity contribution in [2.24, 2.45) is 0 Å². The lowest BCUT2D eigenvalue weighted by atomic mass is 10.1. The Bertz CT molecular complexity index is 576. The first-order chi connectivity index (χ1) is 9.63. The van der Waals surface area contributed by atoms with Gasteiger partial charge in [0.1, 0.15) is 17.5 Å². The first-order valence-corrected chi connectivity index (χ1v) is 7.13. The van der Waals surface area contributed by atoms with E-state index >= 15 is 0 Å². The Labute approximate surface area is 120 Å². The summed E-state index contributed by atoms with van der Waals surface area (Å²) in [6, 6.07) is 8.37. The third-order valence-electron chi connectivity index (χ3n) is 3.33. The van der Waals surface area contributed by atoms with Gasteiger partial charge in [-0.15, -0.1) is 0 Å². The lowest BCUT2D eigenvalue weighted by Crippen LogP contribution is -2.07. The van der Waals surface area contributed by atoms with Gasteiger partial charge in [0.15, 0.2) is 0 Å². The lowest BCUT2D eigenvalue weighted by Gasteiger charge is -2.12. The van der Waals surface area contributed by atoms with Crippen molar-refractivity contribution in [3.8, 4) is 0 Å². The molecule has 106 valence electrons. The Morgan fingerprint density at radius 2 is 1.80 bits per heavy atom. The third-order valence-corrected chi connectivity index (χ3v) is 3.33. The number of rotatable bonds is 5. The van der Waals surface area contributed by atoms with E-state index in [1.165, 1.54) is 5.56 Å². The fourth-order valence-corrected chi connectivity index (χ4v) is 2.00. The van der Waals surface area contributed by atoms with Gasteiger partial charge in [-0.2, -0.15) is 0 Å². The van der Waals surface area contributed by atoms with E-state index in [9.17, 15) is 0 Å². The Morgan fingerprint density at radius 3 is 2.40 bits per heavy atom. The molecule has 0 unspecified atom stereocenters. The normalized spacial score (nSPS) is 10.6. The van der Waals surface area contributed by atoms with Gasteiger partial charge in [0.05, 0.1) is 0 Å². The third kappa shape index (κ3) is 3.26. The molecule has 0 bridgehead atoms. The predicted octanol–water partition coefficient (Wildman–Crippen LogP) is 3.63. The first kappa shape index (κ1) is 14.3. The van der Waals surface area contributed by atoms with E-state index in [1.807, 2.05) is 6.92 Å². The van der Waals surface area contributed by atoms with Crippen LogP contribution in [0.5, 0.6) is 0 Å². The number of aryl methyl sites for hydroxylation is 2. The van der Waals surface area contributed by atoms with E-state index in [-0.39, 0.29) is 0 Å². The van der Waals surface area contributed by atoms with Crippen molar-refractivity contribution < 1.29 is 0 Å². The topological polar surface area (TPSA) is 63.8 Å². The molecule has 1 aromatic carbocycles. The monoisotopic (exact) mass is 270 g/mol. The molecule has 2 rings (SSSR count). The largest absolute Gasteiger partial charge is 0.383 e. The van der Waals surface area contributed by atoms with Crippen LogP contribution in [0, 0.1) is 6.92 Å². The minimum Gasteiger partial charge on any atom is -0.383 e. The van der Waals surface area contributed by atoms with Crippen molar-refractivity contribution in [1.29, 1.82) is 0 Å². The summed E-state index contributed by atoms with van der Waals surface area (Å²) in [7, 11) is 0. The van der Waals surface area contributed by atoms with Crippen LogP contribution in [0.3, 0.4) is 0 Å². The SMILES string of the molecule is CCCc1nc(N)c(C)c(Nc2ccc(CC)cc2)n1. The van der Waals surface area contributed by atoms with Gasteiger partial charge >= 0.3 is 0 Å². The van der Waals surface area contributed by atoms with E-state index in [2.05, 4.69) is 53.4 Å². The first-order valence-electron chi connectivity index (χ1n) is 7.13. The van der Waals surface area contributed by atoms with Crippen LogP contribution in [-0.2, 0) is 12.8 Å². The standard InChI is InChI=1S/C16H22N4/c1-4-6-14-19-15(17)11(3)16(20-14)18-13-9-7-12(5-2)8-10-13/h7-10H,4-6H2,1-3H3,(H3,17,18,19,20). The molecule has 0 amide bonds. The molecule has 0 atom stereocenters. The van der Waals surface area contributed by atoms with Gasteiger partial charge in [-0.05, 0) is 37.5 Å². The minimum absolute atomic E-state index is 0.552. The summed E-state index contributed by atoms with van der Waals surface area (Å²) in [5.74, 6) is 2.14. The number of aromatic nitrogens is 2. The molecule has 2 aromatic rings. The van der Waals surface area contributed by atoms with E-state index in [0.29, 0.717) is 5.82 Å². The van der Waals surface area contributed by atoms with Gasteiger partial charge in [0, 0.05) is 17.7 Å². The van der Waals surface area contributed by atoms with Crippen LogP contribution in [0.2, 0.25) is 0 Å². The molecule has 4 heteroatoms. The molecule has 1 heterocycles. The molecule has 0 saturated carbocycles. The van der Waals surface area contributed by atoms with Gasteiger partial charge in [-0.25, -0.2) is 9.97 Å². The molecule has 20 heavy (non-hydrogen) atoms. The molecule has 0 spiro atoms. The highest BCUT2D eigenvalue weighted by Crippen LogP contribution is 2.22. The number of nitrogens with one attached hydrogen (secondary N) is 1. The summed E-state index contributed by atoms with van der Waals surface area (Å²) >= 11 is 0. The van der Waals surface area contributed by atoms with E-state index < -0.39 is 0 Å². The Hall–Kier alpha value is -2.10. The summed E-state index contributed by atoms with van der Waals surface area (Å²) < 4.78 is 0. The highest BCUT2D eigenvalue weighted by molar-refractivity contribution is 5.63. The van der Waals surface area contributed by atoms with Crippen molar-refractivity contribution >= 4 is 17.3 Å². The van der Waals surface area contributed by atoms with Crippen LogP contribution in [0.15, 0.2) is 24.3 Å². The number of nitrogens with two attached hydrogens (primary N) is 1. The van der Waals surface area contributed by atoms with Crippen LogP contribution < -0.4 is 11.1 Å². The second-order valence-corrected chi connectivity index (χ2v) is 4.92. The van der Waals surface area contributed by atoms with Crippen LogP contribution in [0.1, 0.15) is 37.2 Å². The second kappa shape index (κ2) is 6.37. The lowest BCUT2D eigenvalue weighted by molar-refractivity contribution is 0.836. The average molecular weight is 270 g/mol. The molecule has 0 aliphatic carbocycles. The maximum atomic E-state index is 5.96. The maximum Gasteiger partial charge on any atom is 0.139 e. The number of anilines is 3. The number of hydrogen-bond donors (Lipinski definition) is 2. The summed E-state index contributed by atoms with van der Waals surface area (Å²) in [6.07, 6.45) is 2.89. The molecule has 4 nitrogen and oxygen atoms in total. The predicted molar refractivity (Wildman–Crippen MR) is 84.3 cm³/mol. The smallest absolute Gasteiger partial charge is 0.139 e. The fourth-order valence-electron chi connectivity index (χ4n) is 2.00. The molecular weight excluding hydrogens is 248 g/mol. The Balaban J connectivity index is 2.26. The van der Waals surface area contributed by atoms with Crippen molar-refractivity contribution in [2.45, 2.75) is 40.0 Å². The zero-order valence-electron chi connectivity index (χ0n) is 12.4. The molecule has 0 aliphatic heterocycles. The molecule has 0 aliphatic rings. The van der Waals surface area contributed by atoms with Gasteiger partial charge in [0.25, 0.3) is 0 Å². The van der Waals surface area contributed by atoms with Crippen molar-refractivity contribution in [1.82, 2.24) is 9.97 Å². The zero-order chi connectivity index (χ0) is 14.5. The van der Waals surface area contributed by atoms with E-state index in [4.69, 9.17) is 5.73 Å². The molecule has 0 saturated heterocycles. The summed E-state index contributed by atoms with van der Waals surface area (Å²) in [5.41, 5.74) is 9.19. The van der Waals surface area contributed by atoms with Crippen molar-refractivity contribution in [2.75, 3.05) is 11.1 Å². The quantitative estimate of drug-likeness (QED) is 0.871. The number of hydrogen-bond acceptors (Lipinski definition) is 4. The Morgan fingerprint density at radius 1 is 1.10 bits per heavy atom. The molecule has 1 aromatic heterocycles. The van der Waals surface area contributed by atoms with Gasteiger partial charge < -0.3 is 11.1 Å². The number of nitrogens with zero attached hydrogens (tertiary/aromatic N) is 2. The van der Waals surface area contributed by atoms with E-state index in [1.54, 1.807) is 0 Å². The Kier molecular flexibility index (Phi) is 4.56. The zero-order valence-corrected chi connectivity index (χ0v) is 12.4. The van der Waals surface area contributed by atoms with E-state index in [0.717, 1.165) is 42.2 Å². The van der Waals surface area contributed by atoms with Crippen molar-refractivity contribution in [3.63, 3.8) is 0 Å². The average Bonchev–Trinajstić information content (AvgIpc) is 2.45. The highest BCUT2D eigenvalue weighted by Gasteiger charge is 2.08. The summed E-state index contributed by atoms with van der Waals surface area (Å²) in [6.45, 7) is 6.19.